The van der Waals surface area contributed by atoms with Gasteiger partial charge in [-0.25, -0.2) is 14.5 Å². The van der Waals surface area contributed by atoms with E-state index in [4.69, 9.17) is 16.7 Å². The maximum absolute atomic E-state index is 12.6. The molecule has 0 aliphatic rings. The van der Waals surface area contributed by atoms with E-state index in [1.807, 2.05) is 31.2 Å². The van der Waals surface area contributed by atoms with Gasteiger partial charge in [-0.15, -0.1) is 5.10 Å². The predicted octanol–water partition coefficient (Wildman–Crippen LogP) is 3.56. The average Bonchev–Trinajstić information content (AvgIpc) is 3.21. The minimum atomic E-state index is -1.19. The third kappa shape index (κ3) is 5.24. The highest BCUT2D eigenvalue weighted by molar-refractivity contribution is 6.31. The lowest BCUT2D eigenvalue weighted by molar-refractivity contribution is 0.0945. The minimum absolute atomic E-state index is 0.172. The molecule has 0 saturated carbocycles. The molecule has 0 aliphatic carbocycles. The van der Waals surface area contributed by atoms with Crippen LogP contribution in [0.3, 0.4) is 0 Å². The van der Waals surface area contributed by atoms with Crippen molar-refractivity contribution in [3.8, 4) is 0 Å². The molecule has 3 aromatic heterocycles. The highest BCUT2D eigenvalue weighted by atomic mass is 35.5. The number of anilines is 1. The summed E-state index contributed by atoms with van der Waals surface area (Å²) in [6.45, 7) is 4.14. The van der Waals surface area contributed by atoms with Crippen molar-refractivity contribution < 1.29 is 14.7 Å². The van der Waals surface area contributed by atoms with Gasteiger partial charge in [0.05, 0.1) is 24.0 Å². The Hall–Kier alpha value is -4.05. The van der Waals surface area contributed by atoms with E-state index in [0.29, 0.717) is 17.3 Å². The minimum Gasteiger partial charge on any atom is -0.465 e. The van der Waals surface area contributed by atoms with Gasteiger partial charge in [-0.1, -0.05) is 28.9 Å². The summed E-state index contributed by atoms with van der Waals surface area (Å²) in [6, 6.07) is 11.0. The summed E-state index contributed by atoms with van der Waals surface area (Å²) in [6.07, 6.45) is 0.366. The largest absolute Gasteiger partial charge is 0.465 e. The van der Waals surface area contributed by atoms with Gasteiger partial charge in [0.15, 0.2) is 5.69 Å². The number of fused-ring (bicyclic) bond motifs is 1. The molecule has 4 rings (SSSR count). The third-order valence-corrected chi connectivity index (χ3v) is 5.26. The Labute approximate surface area is 193 Å². The molecule has 3 heterocycles. The lowest BCUT2D eigenvalue weighted by atomic mass is 10.1. The van der Waals surface area contributed by atoms with E-state index in [1.54, 1.807) is 25.3 Å². The monoisotopic (exact) mass is 465 g/mol. The summed E-state index contributed by atoms with van der Waals surface area (Å²) in [5.74, 6) is -0.147. The lowest BCUT2D eigenvalue weighted by Gasteiger charge is -2.12. The van der Waals surface area contributed by atoms with Gasteiger partial charge in [0.2, 0.25) is 0 Å². The van der Waals surface area contributed by atoms with Gasteiger partial charge in [0.1, 0.15) is 5.82 Å². The van der Waals surface area contributed by atoms with Crippen molar-refractivity contribution in [2.24, 2.45) is 0 Å². The Morgan fingerprint density at radius 1 is 1.12 bits per heavy atom. The number of hydrogen-bond acceptors (Lipinski definition) is 6. The summed E-state index contributed by atoms with van der Waals surface area (Å²) < 4.78 is 1.54. The second-order valence-corrected chi connectivity index (χ2v) is 7.88. The van der Waals surface area contributed by atoms with Crippen molar-refractivity contribution in [1.29, 1.82) is 0 Å². The molecule has 4 aromatic rings. The number of amides is 2. The van der Waals surface area contributed by atoms with Crippen molar-refractivity contribution >= 4 is 40.3 Å². The van der Waals surface area contributed by atoms with E-state index in [9.17, 15) is 9.59 Å². The van der Waals surface area contributed by atoms with Gasteiger partial charge in [-0.2, -0.15) is 0 Å². The Balaban J connectivity index is 1.42. The number of nitrogens with one attached hydrogen (secondary N) is 2. The zero-order valence-corrected chi connectivity index (χ0v) is 18.6. The zero-order chi connectivity index (χ0) is 23.5. The fraction of sp³-hybridized carbons (Fsp3) is 0.182. The number of carboxylic acid groups (broad SMARTS) is 1. The van der Waals surface area contributed by atoms with Gasteiger partial charge in [0.25, 0.3) is 5.91 Å². The first-order valence-corrected chi connectivity index (χ1v) is 10.4. The molecule has 168 valence electrons. The maximum Gasteiger partial charge on any atom is 0.410 e. The van der Waals surface area contributed by atoms with Crippen LogP contribution in [0.15, 0.2) is 42.6 Å². The number of nitrogens with zero attached hydrogens (tertiary/aromatic N) is 5. The van der Waals surface area contributed by atoms with Crippen LogP contribution < -0.4 is 10.6 Å². The Morgan fingerprint density at radius 3 is 2.67 bits per heavy atom. The maximum atomic E-state index is 12.6. The first kappa shape index (κ1) is 22.2. The lowest BCUT2D eigenvalue weighted by Crippen LogP contribution is -2.24. The molecule has 0 bridgehead atoms. The van der Waals surface area contributed by atoms with Crippen LogP contribution in [0.1, 0.15) is 33.0 Å². The molecule has 0 saturated heterocycles. The summed E-state index contributed by atoms with van der Waals surface area (Å²) in [5.41, 5.74) is 3.93. The highest BCUT2D eigenvalue weighted by Crippen LogP contribution is 2.19. The van der Waals surface area contributed by atoms with E-state index in [0.717, 1.165) is 27.7 Å². The topological polar surface area (TPSA) is 135 Å². The molecule has 0 atom stereocenters. The van der Waals surface area contributed by atoms with E-state index in [2.05, 4.69) is 30.9 Å². The smallest absolute Gasteiger partial charge is 0.410 e. The van der Waals surface area contributed by atoms with Crippen molar-refractivity contribution in [1.82, 2.24) is 30.3 Å². The van der Waals surface area contributed by atoms with Crippen LogP contribution in [0.4, 0.5) is 10.6 Å². The number of pyridine rings is 2. The summed E-state index contributed by atoms with van der Waals surface area (Å²) in [4.78, 5) is 32.2. The van der Waals surface area contributed by atoms with Gasteiger partial charge in [-0.05, 0) is 49.2 Å². The normalized spacial score (nSPS) is 10.9. The summed E-state index contributed by atoms with van der Waals surface area (Å²) in [7, 11) is 0. The van der Waals surface area contributed by atoms with E-state index in [1.165, 1.54) is 4.68 Å². The third-order valence-electron chi connectivity index (χ3n) is 5.02. The number of aryl methyl sites for hydroxylation is 2. The molecule has 0 fully saturated rings. The number of carbonyl (C=O) groups is 2. The number of hydrogen-bond donors (Lipinski definition) is 3. The number of benzene rings is 1. The van der Waals surface area contributed by atoms with Gasteiger partial charge < -0.3 is 10.4 Å². The van der Waals surface area contributed by atoms with Gasteiger partial charge in [-0.3, -0.25) is 15.1 Å². The molecule has 2 amide bonds. The number of aromatic nitrogens is 5. The molecular formula is C22H20ClN7O3. The van der Waals surface area contributed by atoms with Crippen molar-refractivity contribution in [2.45, 2.75) is 26.9 Å². The molecule has 0 radical (unpaired) electrons. The first-order chi connectivity index (χ1) is 15.8. The van der Waals surface area contributed by atoms with Crippen LogP contribution in [-0.2, 0) is 13.1 Å². The number of rotatable bonds is 6. The van der Waals surface area contributed by atoms with Crippen LogP contribution in [0.5, 0.6) is 0 Å². The van der Waals surface area contributed by atoms with Crippen molar-refractivity contribution in [3.63, 3.8) is 0 Å². The van der Waals surface area contributed by atoms with Crippen LogP contribution in [0.25, 0.3) is 10.9 Å². The Bertz CT molecular complexity index is 1350. The molecule has 1 aromatic carbocycles. The molecule has 0 spiro atoms. The number of halogens is 1. The Kier molecular flexibility index (Phi) is 6.18. The molecule has 0 unspecified atom stereocenters. The quantitative estimate of drug-likeness (QED) is 0.396. The zero-order valence-electron chi connectivity index (χ0n) is 17.8. The van der Waals surface area contributed by atoms with Gasteiger partial charge >= 0.3 is 6.09 Å². The van der Waals surface area contributed by atoms with Crippen molar-refractivity contribution in [2.75, 3.05) is 5.32 Å². The first-order valence-electron chi connectivity index (χ1n) is 9.99. The average molecular weight is 466 g/mol. The molecular weight excluding hydrogens is 446 g/mol. The second kappa shape index (κ2) is 9.21. The fourth-order valence-corrected chi connectivity index (χ4v) is 3.59. The van der Waals surface area contributed by atoms with Crippen LogP contribution in [0, 0.1) is 13.8 Å². The highest BCUT2D eigenvalue weighted by Gasteiger charge is 2.14. The molecule has 0 aliphatic heterocycles. The molecule has 33 heavy (non-hydrogen) atoms. The van der Waals surface area contributed by atoms with Crippen LogP contribution >= 0.6 is 11.6 Å². The van der Waals surface area contributed by atoms with Crippen molar-refractivity contribution in [3.05, 3.63) is 75.8 Å². The van der Waals surface area contributed by atoms with E-state index in [-0.39, 0.29) is 24.0 Å². The summed E-state index contributed by atoms with van der Waals surface area (Å²) >= 11 is 6.05. The second-order valence-electron chi connectivity index (χ2n) is 7.44. The van der Waals surface area contributed by atoms with E-state index >= 15 is 0 Å². The van der Waals surface area contributed by atoms with Crippen LogP contribution in [0.2, 0.25) is 5.02 Å². The standard InChI is InChI=1S/C22H20ClN7O3/c1-12-7-20(27-22(32)33)25-13(2)17(12)9-24-21(31)19-11-30(29-28-19)10-16-6-4-14-3-5-15(23)8-18(14)26-16/h3-8,11H,9-10H2,1-2H3,(H,24,31)(H,25,27)(H,32,33). The summed E-state index contributed by atoms with van der Waals surface area (Å²) in [5, 5.41) is 23.4. The molecule has 11 heteroatoms. The molecule has 10 nitrogen and oxygen atoms in total. The van der Waals surface area contributed by atoms with Crippen LogP contribution in [-0.4, -0.2) is 42.1 Å². The predicted molar refractivity (Wildman–Crippen MR) is 122 cm³/mol. The van der Waals surface area contributed by atoms with E-state index < -0.39 is 6.09 Å². The molecule has 3 N–H and O–H groups in total. The van der Waals surface area contributed by atoms with Gasteiger partial charge in [0, 0.05) is 22.6 Å². The fourth-order valence-electron chi connectivity index (χ4n) is 3.42. The Morgan fingerprint density at radius 2 is 1.91 bits per heavy atom. The number of carbonyl (C=O) groups excluding carboxylic acids is 1. The SMILES string of the molecule is Cc1cc(NC(=O)O)nc(C)c1CNC(=O)c1cn(Cc2ccc3ccc(Cl)cc3n2)nn1.